The number of carbonyl (C=O) groups excluding carboxylic acids is 2. The zero-order valence-corrected chi connectivity index (χ0v) is 20.1. The van der Waals surface area contributed by atoms with Gasteiger partial charge < -0.3 is 15.2 Å². The fourth-order valence-electron chi connectivity index (χ4n) is 3.89. The van der Waals surface area contributed by atoms with Crippen molar-refractivity contribution in [2.45, 2.75) is 37.8 Å². The van der Waals surface area contributed by atoms with Crippen LogP contribution in [-0.4, -0.2) is 39.4 Å². The van der Waals surface area contributed by atoms with Crippen molar-refractivity contribution in [1.29, 1.82) is 0 Å². The van der Waals surface area contributed by atoms with E-state index in [2.05, 4.69) is 33.8 Å². The molecule has 0 unspecified atom stereocenters. The fourth-order valence-corrected chi connectivity index (χ4v) is 5.83. The van der Waals surface area contributed by atoms with Gasteiger partial charge in [-0.25, -0.2) is 0 Å². The van der Waals surface area contributed by atoms with Crippen LogP contribution in [0.25, 0.3) is 10.7 Å². The smallest absolute Gasteiger partial charge is 0.251 e. The van der Waals surface area contributed by atoms with Gasteiger partial charge >= 0.3 is 0 Å². The molecule has 0 radical (unpaired) electrons. The van der Waals surface area contributed by atoms with Crippen molar-refractivity contribution in [1.82, 2.24) is 20.1 Å². The van der Waals surface area contributed by atoms with Gasteiger partial charge in [0.25, 0.3) is 5.91 Å². The predicted molar refractivity (Wildman–Crippen MR) is 129 cm³/mol. The van der Waals surface area contributed by atoms with Crippen LogP contribution in [0.15, 0.2) is 35.5 Å². The standard InChI is InChI=1S/C23H27N5O2S2/c1-4-14-5-10-18-16(11-14)12-19(32-18)21-26-27-23(28(21)3)31-13-20(29)25-17-8-6-15(7-9-17)22(30)24-2/h6-9,12,14H,4-5,10-11,13H2,1-3H3,(H,24,30)(H,25,29)/t14-/m1/s1. The Kier molecular flexibility index (Phi) is 6.95. The molecule has 9 heteroatoms. The first kappa shape index (κ1) is 22.5. The SMILES string of the molecule is CC[C@@H]1CCc2sc(-c3nnc(SCC(=O)Nc4ccc(C(=O)NC)cc4)n3C)cc2C1. The summed E-state index contributed by atoms with van der Waals surface area (Å²) < 4.78 is 1.96. The van der Waals surface area contributed by atoms with Crippen molar-refractivity contribution in [2.75, 3.05) is 18.1 Å². The van der Waals surface area contributed by atoms with E-state index >= 15 is 0 Å². The van der Waals surface area contributed by atoms with Gasteiger partial charge in [0, 0.05) is 30.2 Å². The molecule has 0 saturated heterocycles. The quantitative estimate of drug-likeness (QED) is 0.508. The van der Waals surface area contributed by atoms with Gasteiger partial charge in [0.2, 0.25) is 5.91 Å². The normalized spacial score (nSPS) is 15.3. The van der Waals surface area contributed by atoms with Crippen LogP contribution in [0.1, 0.15) is 40.6 Å². The number of anilines is 1. The lowest BCUT2D eigenvalue weighted by Gasteiger charge is -2.19. The Morgan fingerprint density at radius 3 is 2.75 bits per heavy atom. The molecular weight excluding hydrogens is 442 g/mol. The van der Waals surface area contributed by atoms with Crippen LogP contribution >= 0.6 is 23.1 Å². The molecule has 7 nitrogen and oxygen atoms in total. The van der Waals surface area contributed by atoms with Crippen molar-refractivity contribution in [3.05, 3.63) is 46.3 Å². The first-order chi connectivity index (χ1) is 15.5. The molecule has 168 valence electrons. The highest BCUT2D eigenvalue weighted by molar-refractivity contribution is 7.99. The monoisotopic (exact) mass is 469 g/mol. The second-order valence-electron chi connectivity index (χ2n) is 7.93. The predicted octanol–water partition coefficient (Wildman–Crippen LogP) is 4.15. The molecule has 32 heavy (non-hydrogen) atoms. The van der Waals surface area contributed by atoms with Gasteiger partial charge in [-0.2, -0.15) is 0 Å². The van der Waals surface area contributed by atoms with Gasteiger partial charge in [0.05, 0.1) is 10.6 Å². The Morgan fingerprint density at radius 2 is 2.03 bits per heavy atom. The highest BCUT2D eigenvalue weighted by atomic mass is 32.2. The van der Waals surface area contributed by atoms with E-state index in [4.69, 9.17) is 0 Å². The topological polar surface area (TPSA) is 88.9 Å². The highest BCUT2D eigenvalue weighted by Crippen LogP contribution is 2.38. The number of benzene rings is 1. The minimum absolute atomic E-state index is 0.135. The molecular formula is C23H27N5O2S2. The minimum atomic E-state index is -0.159. The lowest BCUT2D eigenvalue weighted by molar-refractivity contribution is -0.113. The van der Waals surface area contributed by atoms with Gasteiger partial charge in [-0.3, -0.25) is 9.59 Å². The second-order valence-corrected chi connectivity index (χ2v) is 10.0. The zero-order valence-electron chi connectivity index (χ0n) is 18.5. The average molecular weight is 470 g/mol. The maximum absolute atomic E-state index is 12.4. The van der Waals surface area contributed by atoms with Gasteiger partial charge in [-0.05, 0) is 61.1 Å². The summed E-state index contributed by atoms with van der Waals surface area (Å²) in [7, 11) is 3.53. The molecule has 1 aliphatic carbocycles. The number of thioether (sulfide) groups is 1. The van der Waals surface area contributed by atoms with E-state index in [9.17, 15) is 9.59 Å². The van der Waals surface area contributed by atoms with Crippen molar-refractivity contribution in [2.24, 2.45) is 13.0 Å². The maximum Gasteiger partial charge on any atom is 0.251 e. The van der Waals surface area contributed by atoms with Gasteiger partial charge in [-0.15, -0.1) is 21.5 Å². The Labute approximate surface area is 196 Å². The van der Waals surface area contributed by atoms with Crippen LogP contribution < -0.4 is 10.6 Å². The number of nitrogens with zero attached hydrogens (tertiary/aromatic N) is 3. The summed E-state index contributed by atoms with van der Waals surface area (Å²) >= 11 is 3.18. The molecule has 3 aromatic rings. The van der Waals surface area contributed by atoms with Crippen LogP contribution in [0.3, 0.4) is 0 Å². The Bertz CT molecular complexity index is 1120. The Morgan fingerprint density at radius 1 is 1.25 bits per heavy atom. The van der Waals surface area contributed by atoms with E-state index < -0.39 is 0 Å². The number of thiophene rings is 1. The van der Waals surface area contributed by atoms with Gasteiger partial charge in [-0.1, -0.05) is 25.1 Å². The number of carbonyl (C=O) groups is 2. The first-order valence-corrected chi connectivity index (χ1v) is 12.5. The van der Waals surface area contributed by atoms with Crippen LogP contribution in [0.5, 0.6) is 0 Å². The van der Waals surface area contributed by atoms with E-state index in [1.807, 2.05) is 23.0 Å². The molecule has 0 fully saturated rings. The molecule has 1 atom stereocenters. The fraction of sp³-hybridized carbons (Fsp3) is 0.391. The zero-order chi connectivity index (χ0) is 22.7. The summed E-state index contributed by atoms with van der Waals surface area (Å²) in [4.78, 5) is 26.6. The summed E-state index contributed by atoms with van der Waals surface area (Å²) in [5.41, 5.74) is 2.66. The number of fused-ring (bicyclic) bond motifs is 1. The number of rotatable bonds is 7. The lowest BCUT2D eigenvalue weighted by Crippen LogP contribution is -2.18. The number of amides is 2. The lowest BCUT2D eigenvalue weighted by atomic mass is 9.87. The largest absolute Gasteiger partial charge is 0.355 e. The molecule has 2 N–H and O–H groups in total. The van der Waals surface area contributed by atoms with E-state index in [0.717, 1.165) is 29.5 Å². The molecule has 1 aromatic carbocycles. The molecule has 1 aliphatic rings. The second kappa shape index (κ2) is 9.87. The molecule has 0 aliphatic heterocycles. The molecule has 2 heterocycles. The Balaban J connectivity index is 1.37. The number of aromatic nitrogens is 3. The van der Waals surface area contributed by atoms with Crippen LogP contribution in [0.4, 0.5) is 5.69 Å². The third-order valence-electron chi connectivity index (χ3n) is 5.81. The number of aryl methyl sites for hydroxylation is 1. The molecule has 4 rings (SSSR count). The van der Waals surface area contributed by atoms with Crippen LogP contribution in [0.2, 0.25) is 0 Å². The molecule has 0 spiro atoms. The number of nitrogens with one attached hydrogen (secondary N) is 2. The van der Waals surface area contributed by atoms with E-state index in [0.29, 0.717) is 16.4 Å². The third kappa shape index (κ3) is 4.88. The maximum atomic E-state index is 12.4. The summed E-state index contributed by atoms with van der Waals surface area (Å²) in [5, 5.41) is 14.8. The number of hydrogen-bond acceptors (Lipinski definition) is 6. The molecule has 2 aromatic heterocycles. The molecule has 0 saturated carbocycles. The minimum Gasteiger partial charge on any atom is -0.355 e. The van der Waals surface area contributed by atoms with Crippen LogP contribution in [-0.2, 0) is 24.7 Å². The van der Waals surface area contributed by atoms with Gasteiger partial charge in [0.1, 0.15) is 0 Å². The van der Waals surface area contributed by atoms with E-state index in [1.165, 1.54) is 35.0 Å². The third-order valence-corrected chi connectivity index (χ3v) is 8.06. The average Bonchev–Trinajstić information content (AvgIpc) is 3.39. The summed E-state index contributed by atoms with van der Waals surface area (Å²) in [6.45, 7) is 2.27. The van der Waals surface area contributed by atoms with Crippen LogP contribution in [0, 0.1) is 5.92 Å². The summed E-state index contributed by atoms with van der Waals surface area (Å²) in [6.07, 6.45) is 4.82. The number of hydrogen-bond donors (Lipinski definition) is 2. The van der Waals surface area contributed by atoms with Crippen molar-refractivity contribution in [3.8, 4) is 10.7 Å². The van der Waals surface area contributed by atoms with Crippen molar-refractivity contribution < 1.29 is 9.59 Å². The van der Waals surface area contributed by atoms with Gasteiger partial charge in [0.15, 0.2) is 11.0 Å². The molecule has 0 bridgehead atoms. The van der Waals surface area contributed by atoms with Crippen molar-refractivity contribution >= 4 is 40.6 Å². The Hall–Kier alpha value is -2.65. The van der Waals surface area contributed by atoms with E-state index in [1.54, 1.807) is 31.3 Å². The summed E-state index contributed by atoms with van der Waals surface area (Å²) in [5.74, 6) is 1.57. The highest BCUT2D eigenvalue weighted by Gasteiger charge is 2.22. The van der Waals surface area contributed by atoms with E-state index in [-0.39, 0.29) is 17.6 Å². The summed E-state index contributed by atoms with van der Waals surface area (Å²) in [6, 6.07) is 9.07. The first-order valence-electron chi connectivity index (χ1n) is 10.7. The van der Waals surface area contributed by atoms with Crippen molar-refractivity contribution in [3.63, 3.8) is 0 Å². The molecule has 2 amide bonds.